The number of fused-ring (bicyclic) bond motifs is 1. The van der Waals surface area contributed by atoms with Gasteiger partial charge >= 0.3 is 5.97 Å². The zero-order valence-corrected chi connectivity index (χ0v) is 14.0. The molecule has 1 aliphatic heterocycles. The van der Waals surface area contributed by atoms with Crippen LogP contribution in [-0.2, 0) is 0 Å². The monoisotopic (exact) mass is 368 g/mol. The Balaban J connectivity index is 1.79. The molecule has 1 aliphatic rings. The van der Waals surface area contributed by atoms with Gasteiger partial charge in [-0.25, -0.2) is 18.1 Å². The number of nitrogens with zero attached hydrogens (tertiary/aromatic N) is 4. The van der Waals surface area contributed by atoms with Gasteiger partial charge in [-0.3, -0.25) is 0 Å². The third kappa shape index (κ3) is 2.97. The molecule has 0 saturated carbocycles. The molecule has 1 aromatic carbocycles. The Morgan fingerprint density at radius 1 is 1.33 bits per heavy atom. The first-order chi connectivity index (χ1) is 13.0. The van der Waals surface area contributed by atoms with Crippen molar-refractivity contribution in [1.82, 2.24) is 9.61 Å². The normalized spacial score (nSPS) is 19.4. The number of carboxylic acids is 1. The van der Waals surface area contributed by atoms with Crippen LogP contribution in [-0.4, -0.2) is 33.4 Å². The molecule has 27 heavy (non-hydrogen) atoms. The molecule has 3 heterocycles. The zero-order valence-electron chi connectivity index (χ0n) is 14.0. The summed E-state index contributed by atoms with van der Waals surface area (Å²) in [7, 11) is 0. The van der Waals surface area contributed by atoms with Gasteiger partial charge in [0, 0.05) is 24.8 Å². The predicted octanol–water partition coefficient (Wildman–Crippen LogP) is 3.33. The molecular weight excluding hydrogens is 354 g/mol. The highest BCUT2D eigenvalue weighted by Gasteiger charge is 2.34. The van der Waals surface area contributed by atoms with Crippen LogP contribution in [0.1, 0.15) is 33.9 Å². The first-order valence-electron chi connectivity index (χ1n) is 8.28. The Morgan fingerprint density at radius 2 is 2.15 bits per heavy atom. The number of pyridine rings is 1. The number of hydrogen-bond donors (Lipinski definition) is 1. The van der Waals surface area contributed by atoms with Crippen molar-refractivity contribution in [3.05, 3.63) is 65.2 Å². The molecule has 2 aromatic heterocycles. The van der Waals surface area contributed by atoms with Crippen LogP contribution in [0, 0.1) is 17.1 Å². The van der Waals surface area contributed by atoms with Gasteiger partial charge in [0.25, 0.3) is 0 Å². The van der Waals surface area contributed by atoms with Crippen LogP contribution in [0.15, 0.2) is 42.7 Å². The third-order valence-corrected chi connectivity index (χ3v) is 4.75. The molecular formula is C19H14F2N4O2. The van der Waals surface area contributed by atoms with Gasteiger partial charge < -0.3 is 10.0 Å². The first-order valence-corrected chi connectivity index (χ1v) is 8.28. The quantitative estimate of drug-likeness (QED) is 0.767. The SMILES string of the molecule is N#Cc1cc(F)cc(C2CC(F)CN2c2ccn3ncc(C(=O)O)c3c2)c1. The fourth-order valence-corrected chi connectivity index (χ4v) is 3.57. The molecule has 1 N–H and O–H groups in total. The molecule has 2 atom stereocenters. The fourth-order valence-electron chi connectivity index (χ4n) is 3.57. The number of carbonyl (C=O) groups is 1. The number of carboxylic acid groups (broad SMARTS) is 1. The Hall–Kier alpha value is -3.47. The minimum absolute atomic E-state index is 0.0434. The molecule has 1 fully saturated rings. The van der Waals surface area contributed by atoms with Crippen molar-refractivity contribution in [3.8, 4) is 6.07 Å². The maximum Gasteiger partial charge on any atom is 0.339 e. The van der Waals surface area contributed by atoms with E-state index in [-0.39, 0.29) is 24.1 Å². The molecule has 2 unspecified atom stereocenters. The number of benzene rings is 1. The van der Waals surface area contributed by atoms with Crippen molar-refractivity contribution in [3.63, 3.8) is 0 Å². The Labute approximate surface area is 152 Å². The highest BCUT2D eigenvalue weighted by molar-refractivity contribution is 5.95. The summed E-state index contributed by atoms with van der Waals surface area (Å²) in [5.74, 6) is -1.65. The smallest absolute Gasteiger partial charge is 0.339 e. The molecule has 3 aromatic rings. The van der Waals surface area contributed by atoms with Gasteiger partial charge in [0.05, 0.1) is 29.4 Å². The van der Waals surface area contributed by atoms with Crippen LogP contribution in [0.3, 0.4) is 0 Å². The van der Waals surface area contributed by atoms with E-state index in [1.807, 2.05) is 6.07 Å². The standard InChI is InChI=1S/C19H14F2N4O2/c20-13-4-11(8-22)3-12(5-13)17-6-14(21)10-24(17)15-1-2-25-18(7-15)16(9-23-25)19(26)27/h1-5,7,9,14,17H,6,10H2,(H,26,27). The van der Waals surface area contributed by atoms with E-state index in [0.29, 0.717) is 16.8 Å². The van der Waals surface area contributed by atoms with Gasteiger partial charge in [-0.2, -0.15) is 10.4 Å². The molecule has 0 aliphatic carbocycles. The molecule has 6 nitrogen and oxygen atoms in total. The van der Waals surface area contributed by atoms with E-state index in [1.54, 1.807) is 29.3 Å². The summed E-state index contributed by atoms with van der Waals surface area (Å²) in [6.07, 6.45) is 1.90. The van der Waals surface area contributed by atoms with E-state index < -0.39 is 24.0 Å². The number of anilines is 1. The van der Waals surface area contributed by atoms with Gasteiger partial charge in [-0.15, -0.1) is 0 Å². The second-order valence-corrected chi connectivity index (χ2v) is 6.46. The Bertz CT molecular complexity index is 1090. The molecule has 0 amide bonds. The maximum atomic E-state index is 14.2. The molecule has 0 spiro atoms. The van der Waals surface area contributed by atoms with Crippen molar-refractivity contribution in [2.45, 2.75) is 18.6 Å². The molecule has 1 saturated heterocycles. The van der Waals surface area contributed by atoms with E-state index in [9.17, 15) is 18.7 Å². The summed E-state index contributed by atoms with van der Waals surface area (Å²) < 4.78 is 29.5. The van der Waals surface area contributed by atoms with Crippen molar-refractivity contribution >= 4 is 17.2 Å². The minimum atomic E-state index is -1.12. The number of aromatic carboxylic acids is 1. The van der Waals surface area contributed by atoms with Crippen LogP contribution in [0.5, 0.6) is 0 Å². The number of aromatic nitrogens is 2. The van der Waals surface area contributed by atoms with Gasteiger partial charge in [-0.1, -0.05) is 0 Å². The van der Waals surface area contributed by atoms with Crippen LogP contribution in [0.2, 0.25) is 0 Å². The predicted molar refractivity (Wildman–Crippen MR) is 92.9 cm³/mol. The van der Waals surface area contributed by atoms with Crippen LogP contribution >= 0.6 is 0 Å². The van der Waals surface area contributed by atoms with Crippen molar-refractivity contribution < 1.29 is 18.7 Å². The first kappa shape index (κ1) is 17.0. The lowest BCUT2D eigenvalue weighted by atomic mass is 10.0. The fraction of sp³-hybridized carbons (Fsp3) is 0.211. The highest BCUT2D eigenvalue weighted by Crippen LogP contribution is 2.38. The minimum Gasteiger partial charge on any atom is -0.478 e. The lowest BCUT2D eigenvalue weighted by Crippen LogP contribution is -2.24. The second-order valence-electron chi connectivity index (χ2n) is 6.46. The van der Waals surface area contributed by atoms with Gasteiger partial charge in [0.1, 0.15) is 17.6 Å². The Kier molecular flexibility index (Phi) is 4.00. The van der Waals surface area contributed by atoms with Gasteiger partial charge in [0.15, 0.2) is 0 Å². The van der Waals surface area contributed by atoms with Crippen LogP contribution < -0.4 is 4.90 Å². The average molecular weight is 368 g/mol. The molecule has 4 rings (SSSR count). The van der Waals surface area contributed by atoms with E-state index >= 15 is 0 Å². The Morgan fingerprint density at radius 3 is 2.89 bits per heavy atom. The summed E-state index contributed by atoms with van der Waals surface area (Å²) in [5.41, 5.74) is 1.73. The number of halogens is 2. The van der Waals surface area contributed by atoms with Crippen molar-refractivity contribution in [2.24, 2.45) is 0 Å². The topological polar surface area (TPSA) is 81.6 Å². The zero-order chi connectivity index (χ0) is 19.1. The summed E-state index contributed by atoms with van der Waals surface area (Å²) in [6.45, 7) is 0.0930. The summed E-state index contributed by atoms with van der Waals surface area (Å²) in [5, 5.41) is 22.4. The van der Waals surface area contributed by atoms with Gasteiger partial charge in [-0.05, 0) is 35.9 Å². The van der Waals surface area contributed by atoms with Crippen molar-refractivity contribution in [2.75, 3.05) is 11.4 Å². The van der Waals surface area contributed by atoms with Crippen LogP contribution in [0.4, 0.5) is 14.5 Å². The lowest BCUT2D eigenvalue weighted by molar-refractivity contribution is 0.0699. The van der Waals surface area contributed by atoms with E-state index in [4.69, 9.17) is 5.26 Å². The lowest BCUT2D eigenvalue weighted by Gasteiger charge is -2.27. The molecule has 0 radical (unpaired) electrons. The number of nitriles is 1. The number of hydrogen-bond acceptors (Lipinski definition) is 4. The van der Waals surface area contributed by atoms with E-state index in [0.717, 1.165) is 6.07 Å². The largest absolute Gasteiger partial charge is 0.478 e. The summed E-state index contributed by atoms with van der Waals surface area (Å²) >= 11 is 0. The second kappa shape index (κ2) is 6.36. The third-order valence-electron chi connectivity index (χ3n) is 4.75. The number of rotatable bonds is 3. The van der Waals surface area contributed by atoms with Crippen molar-refractivity contribution in [1.29, 1.82) is 5.26 Å². The van der Waals surface area contributed by atoms with Crippen LogP contribution in [0.25, 0.3) is 5.52 Å². The van der Waals surface area contributed by atoms with Gasteiger partial charge in [0.2, 0.25) is 0 Å². The molecule has 136 valence electrons. The maximum absolute atomic E-state index is 14.2. The average Bonchev–Trinajstić information content (AvgIpc) is 3.24. The van der Waals surface area contributed by atoms with E-state index in [1.165, 1.54) is 16.8 Å². The summed E-state index contributed by atoms with van der Waals surface area (Å²) in [6, 6.07) is 8.78. The summed E-state index contributed by atoms with van der Waals surface area (Å²) in [4.78, 5) is 13.1. The molecule has 8 heteroatoms. The molecule has 0 bridgehead atoms. The van der Waals surface area contributed by atoms with E-state index in [2.05, 4.69) is 5.10 Å². The highest BCUT2D eigenvalue weighted by atomic mass is 19.1. The number of alkyl halides is 1.